The molecule has 0 fully saturated rings. The lowest BCUT2D eigenvalue weighted by Crippen LogP contribution is -2.29. The van der Waals surface area contributed by atoms with Crippen molar-refractivity contribution in [1.29, 1.82) is 0 Å². The third kappa shape index (κ3) is 4.16. The molecule has 1 atom stereocenters. The maximum atomic E-state index is 6.61. The van der Waals surface area contributed by atoms with Crippen LogP contribution in [0.2, 0.25) is 0 Å². The molecule has 184 valence electrons. The monoisotopic (exact) mass is 507 g/mol. The number of hydrogen-bond acceptors (Lipinski definition) is 5. The van der Waals surface area contributed by atoms with Crippen molar-refractivity contribution in [1.82, 2.24) is 29.1 Å². The SMILES string of the molecule is CCCC(N)(Cl)c1ccc(-c2nc3ccn4c(-c5cn(C)cn5)nnc4c3cc2-c2ccccc2)cc1. The minimum Gasteiger partial charge on any atom is -0.340 e. The largest absolute Gasteiger partial charge is 0.340 e. The van der Waals surface area contributed by atoms with Crippen molar-refractivity contribution in [2.45, 2.75) is 24.8 Å². The average molecular weight is 508 g/mol. The summed E-state index contributed by atoms with van der Waals surface area (Å²) in [6, 6.07) is 22.5. The molecule has 2 N–H and O–H groups in total. The van der Waals surface area contributed by atoms with Crippen LogP contribution in [0.3, 0.4) is 0 Å². The van der Waals surface area contributed by atoms with Crippen molar-refractivity contribution in [2.24, 2.45) is 12.8 Å². The van der Waals surface area contributed by atoms with Crippen LogP contribution in [-0.2, 0) is 12.0 Å². The van der Waals surface area contributed by atoms with Crippen LogP contribution in [0, 0.1) is 0 Å². The summed E-state index contributed by atoms with van der Waals surface area (Å²) in [7, 11) is 1.93. The number of aromatic nitrogens is 6. The second kappa shape index (κ2) is 9.10. The lowest BCUT2D eigenvalue weighted by molar-refractivity contribution is 0.569. The van der Waals surface area contributed by atoms with Gasteiger partial charge in [0.2, 0.25) is 0 Å². The highest BCUT2D eigenvalue weighted by atomic mass is 35.5. The molecule has 6 rings (SSSR count). The van der Waals surface area contributed by atoms with Crippen LogP contribution in [0.4, 0.5) is 0 Å². The van der Waals surface area contributed by atoms with Gasteiger partial charge >= 0.3 is 0 Å². The quantitative estimate of drug-likeness (QED) is 0.215. The number of imidazole rings is 1. The van der Waals surface area contributed by atoms with Crippen molar-refractivity contribution in [3.05, 3.63) is 91.0 Å². The Bertz CT molecular complexity index is 1720. The third-order valence-electron chi connectivity index (χ3n) is 6.64. The zero-order chi connectivity index (χ0) is 25.6. The molecular formula is C29H26ClN7. The molecular weight excluding hydrogens is 482 g/mol. The van der Waals surface area contributed by atoms with Crippen LogP contribution in [0.25, 0.3) is 50.5 Å². The van der Waals surface area contributed by atoms with Crippen LogP contribution >= 0.6 is 11.6 Å². The lowest BCUT2D eigenvalue weighted by Gasteiger charge is -2.22. The van der Waals surface area contributed by atoms with Crippen molar-refractivity contribution < 1.29 is 0 Å². The number of halogens is 1. The first-order chi connectivity index (χ1) is 17.9. The van der Waals surface area contributed by atoms with E-state index in [2.05, 4.69) is 40.3 Å². The molecule has 7 nitrogen and oxygen atoms in total. The molecule has 0 aliphatic carbocycles. The summed E-state index contributed by atoms with van der Waals surface area (Å²) < 4.78 is 3.86. The van der Waals surface area contributed by atoms with Gasteiger partial charge in [0.1, 0.15) is 10.7 Å². The molecule has 4 heterocycles. The summed E-state index contributed by atoms with van der Waals surface area (Å²) in [4.78, 5) is 8.69. The summed E-state index contributed by atoms with van der Waals surface area (Å²) in [5.74, 6) is 0.692. The molecule has 0 saturated carbocycles. The van der Waals surface area contributed by atoms with E-state index in [0.717, 1.165) is 56.6 Å². The number of aryl methyl sites for hydroxylation is 1. The van der Waals surface area contributed by atoms with E-state index in [1.165, 1.54) is 0 Å². The highest BCUT2D eigenvalue weighted by Gasteiger charge is 2.23. The van der Waals surface area contributed by atoms with E-state index in [-0.39, 0.29) is 0 Å². The Morgan fingerprint density at radius 1 is 0.973 bits per heavy atom. The molecule has 37 heavy (non-hydrogen) atoms. The fraction of sp³-hybridized carbons (Fsp3) is 0.172. The number of pyridine rings is 2. The summed E-state index contributed by atoms with van der Waals surface area (Å²) >= 11 is 6.61. The van der Waals surface area contributed by atoms with E-state index in [9.17, 15) is 0 Å². The molecule has 0 bridgehead atoms. The summed E-state index contributed by atoms with van der Waals surface area (Å²) in [6.07, 6.45) is 7.24. The van der Waals surface area contributed by atoms with Gasteiger partial charge in [0, 0.05) is 36.0 Å². The van der Waals surface area contributed by atoms with Crippen molar-refractivity contribution >= 4 is 28.2 Å². The minimum absolute atomic E-state index is 0.692. The topological polar surface area (TPSA) is 86.9 Å². The van der Waals surface area contributed by atoms with Crippen molar-refractivity contribution in [2.75, 3.05) is 0 Å². The molecule has 0 aliphatic heterocycles. The van der Waals surface area contributed by atoms with Gasteiger partial charge in [-0.15, -0.1) is 10.2 Å². The normalized spacial score (nSPS) is 13.3. The van der Waals surface area contributed by atoms with Crippen LogP contribution in [0.5, 0.6) is 0 Å². The molecule has 2 aromatic carbocycles. The van der Waals surface area contributed by atoms with E-state index < -0.39 is 5.00 Å². The van der Waals surface area contributed by atoms with E-state index >= 15 is 0 Å². The van der Waals surface area contributed by atoms with Gasteiger partial charge < -0.3 is 10.3 Å². The van der Waals surface area contributed by atoms with Gasteiger partial charge in [0.15, 0.2) is 11.5 Å². The Balaban J connectivity index is 1.54. The van der Waals surface area contributed by atoms with Crippen LogP contribution in [0.1, 0.15) is 25.3 Å². The van der Waals surface area contributed by atoms with Gasteiger partial charge in [-0.3, -0.25) is 4.40 Å². The van der Waals surface area contributed by atoms with Crippen LogP contribution in [-0.4, -0.2) is 29.1 Å². The van der Waals surface area contributed by atoms with E-state index in [1.807, 2.05) is 76.9 Å². The third-order valence-corrected chi connectivity index (χ3v) is 7.05. The average Bonchev–Trinajstić information content (AvgIpc) is 3.54. The Morgan fingerprint density at radius 2 is 1.76 bits per heavy atom. The first-order valence-electron chi connectivity index (χ1n) is 12.3. The standard InChI is InChI=1S/C29H26ClN7/c1-3-14-29(30,31)21-11-9-20(10-12-21)26-22(19-7-5-4-6-8-19)16-23-24(33-26)13-15-37-27(23)34-35-28(37)25-17-36(2)18-32-25/h4-13,15-18H,3,14,31H2,1-2H3. The molecule has 0 saturated heterocycles. The summed E-state index contributed by atoms with van der Waals surface area (Å²) in [5, 5.41) is 9.88. The number of alkyl halides is 1. The summed E-state index contributed by atoms with van der Waals surface area (Å²) in [5.41, 5.74) is 13.5. The number of fused-ring (bicyclic) bond motifs is 3. The van der Waals surface area contributed by atoms with E-state index in [4.69, 9.17) is 22.3 Å². The fourth-order valence-electron chi connectivity index (χ4n) is 4.77. The predicted octanol–water partition coefficient (Wildman–Crippen LogP) is 6.16. The van der Waals surface area contributed by atoms with Gasteiger partial charge in [0.25, 0.3) is 0 Å². The second-order valence-corrected chi connectivity index (χ2v) is 10.0. The molecule has 0 aliphatic rings. The molecule has 8 heteroatoms. The first kappa shape index (κ1) is 23.3. The Kier molecular flexibility index (Phi) is 5.74. The number of benzene rings is 2. The Hall–Kier alpha value is -4.07. The number of nitrogens with zero attached hydrogens (tertiary/aromatic N) is 6. The van der Waals surface area contributed by atoms with Gasteiger partial charge in [-0.25, -0.2) is 9.97 Å². The van der Waals surface area contributed by atoms with Crippen molar-refractivity contribution in [3.8, 4) is 33.9 Å². The Morgan fingerprint density at radius 3 is 2.46 bits per heavy atom. The predicted molar refractivity (Wildman–Crippen MR) is 148 cm³/mol. The number of nitrogens with two attached hydrogens (primary N) is 1. The highest BCUT2D eigenvalue weighted by Crippen LogP contribution is 2.36. The molecule has 0 radical (unpaired) electrons. The highest BCUT2D eigenvalue weighted by molar-refractivity contribution is 6.23. The minimum atomic E-state index is -0.878. The maximum Gasteiger partial charge on any atom is 0.188 e. The maximum absolute atomic E-state index is 6.61. The molecule has 6 aromatic rings. The van der Waals surface area contributed by atoms with Gasteiger partial charge in [-0.2, -0.15) is 0 Å². The second-order valence-electron chi connectivity index (χ2n) is 9.33. The smallest absolute Gasteiger partial charge is 0.188 e. The van der Waals surface area contributed by atoms with Gasteiger partial charge in [-0.1, -0.05) is 79.5 Å². The zero-order valence-corrected chi connectivity index (χ0v) is 21.4. The van der Waals surface area contributed by atoms with Crippen LogP contribution in [0.15, 0.2) is 85.5 Å². The van der Waals surface area contributed by atoms with Crippen molar-refractivity contribution in [3.63, 3.8) is 0 Å². The number of rotatable bonds is 6. The number of hydrogen-bond donors (Lipinski definition) is 1. The molecule has 4 aromatic heterocycles. The fourth-order valence-corrected chi connectivity index (χ4v) is 5.08. The zero-order valence-electron chi connectivity index (χ0n) is 20.6. The van der Waals surface area contributed by atoms with E-state index in [1.54, 1.807) is 6.33 Å². The van der Waals surface area contributed by atoms with E-state index in [0.29, 0.717) is 12.2 Å². The van der Waals surface area contributed by atoms with Crippen LogP contribution < -0.4 is 5.73 Å². The Labute approximate surface area is 219 Å². The lowest BCUT2D eigenvalue weighted by atomic mass is 9.95. The first-order valence-corrected chi connectivity index (χ1v) is 12.6. The summed E-state index contributed by atoms with van der Waals surface area (Å²) in [6.45, 7) is 2.08. The van der Waals surface area contributed by atoms with Gasteiger partial charge in [-0.05, 0) is 29.7 Å². The molecule has 0 spiro atoms. The molecule has 1 unspecified atom stereocenters. The molecule has 0 amide bonds. The van der Waals surface area contributed by atoms with Gasteiger partial charge in [0.05, 0.1) is 17.5 Å².